The van der Waals surface area contributed by atoms with Gasteiger partial charge in [0.05, 0.1) is 17.4 Å². The van der Waals surface area contributed by atoms with E-state index in [2.05, 4.69) is 10.3 Å². The first kappa shape index (κ1) is 16.4. The maximum Gasteiger partial charge on any atom is 0.418 e. The van der Waals surface area contributed by atoms with Gasteiger partial charge in [-0.1, -0.05) is 0 Å². The van der Waals surface area contributed by atoms with Gasteiger partial charge in [-0.2, -0.15) is 13.2 Å². The number of halogens is 3. The summed E-state index contributed by atoms with van der Waals surface area (Å²) in [6, 6.07) is 1.88. The second-order valence-corrected chi connectivity index (χ2v) is 4.22. The van der Waals surface area contributed by atoms with E-state index >= 15 is 0 Å². The summed E-state index contributed by atoms with van der Waals surface area (Å²) >= 11 is 0. The summed E-state index contributed by atoms with van der Waals surface area (Å²) in [6.45, 7) is 1.31. The van der Waals surface area contributed by atoms with E-state index in [4.69, 9.17) is 0 Å². The Hall–Kier alpha value is -1.67. The van der Waals surface area contributed by atoms with Crippen molar-refractivity contribution in [2.45, 2.75) is 31.7 Å². The third-order valence-electron chi connectivity index (χ3n) is 2.60. The maximum absolute atomic E-state index is 12.7. The van der Waals surface area contributed by atoms with Crippen LogP contribution in [0.2, 0.25) is 0 Å². The third-order valence-corrected chi connectivity index (χ3v) is 2.60. The van der Waals surface area contributed by atoms with Crippen LogP contribution < -0.4 is 5.32 Å². The molecule has 0 bridgehead atoms. The van der Waals surface area contributed by atoms with Crippen molar-refractivity contribution in [3.05, 3.63) is 29.6 Å². The van der Waals surface area contributed by atoms with E-state index in [0.29, 0.717) is 0 Å². The number of aromatic nitrogens is 1. The van der Waals surface area contributed by atoms with Crippen LogP contribution in [0.1, 0.15) is 30.7 Å². The number of nitrogens with one attached hydrogen (secondary N) is 1. The minimum atomic E-state index is -4.66. The Morgan fingerprint density at radius 2 is 2.10 bits per heavy atom. The van der Waals surface area contributed by atoms with Gasteiger partial charge in [0.1, 0.15) is 6.10 Å². The molecule has 8 heteroatoms. The van der Waals surface area contributed by atoms with Crippen molar-refractivity contribution in [1.82, 2.24) is 10.3 Å². The van der Waals surface area contributed by atoms with Gasteiger partial charge in [-0.15, -0.1) is 0 Å². The van der Waals surface area contributed by atoms with Gasteiger partial charge in [0, 0.05) is 19.7 Å². The molecule has 1 aromatic rings. The number of pyridine rings is 1. The molecule has 0 saturated heterocycles. The Balaban J connectivity index is 2.81. The molecule has 1 heterocycles. The summed E-state index contributed by atoms with van der Waals surface area (Å²) in [5.74, 6) is -0.333. The second kappa shape index (κ2) is 6.67. The Morgan fingerprint density at radius 3 is 2.65 bits per heavy atom. The number of amides is 1. The van der Waals surface area contributed by atoms with E-state index in [1.165, 1.54) is 6.92 Å². The normalized spacial score (nSPS) is 14.7. The number of hydrogen-bond acceptors (Lipinski definition) is 4. The molecule has 20 heavy (non-hydrogen) atoms. The highest BCUT2D eigenvalue weighted by Gasteiger charge is 2.37. The lowest BCUT2D eigenvalue weighted by atomic mass is 10.0. The van der Waals surface area contributed by atoms with E-state index in [9.17, 15) is 28.2 Å². The lowest BCUT2D eigenvalue weighted by Crippen LogP contribution is -2.29. The van der Waals surface area contributed by atoms with Gasteiger partial charge in [-0.3, -0.25) is 9.78 Å². The standard InChI is InChI=1S/C12H15F3N2O3/c1-7(18)16-6-4-9(19)11(20)10-8(12(13,14)15)3-2-5-17-10/h2-3,5,9,11,19-20H,4,6H2,1H3,(H,16,18). The molecule has 3 N–H and O–H groups in total. The molecular weight excluding hydrogens is 277 g/mol. The highest BCUT2D eigenvalue weighted by molar-refractivity contribution is 5.72. The van der Waals surface area contributed by atoms with Crippen LogP contribution >= 0.6 is 0 Å². The zero-order valence-corrected chi connectivity index (χ0v) is 10.7. The number of aliphatic hydroxyl groups excluding tert-OH is 2. The highest BCUT2D eigenvalue weighted by atomic mass is 19.4. The van der Waals surface area contributed by atoms with Gasteiger partial charge in [0.25, 0.3) is 0 Å². The predicted molar refractivity (Wildman–Crippen MR) is 63.5 cm³/mol. The molecule has 0 aliphatic rings. The highest BCUT2D eigenvalue weighted by Crippen LogP contribution is 2.34. The van der Waals surface area contributed by atoms with Crippen LogP contribution in [0.5, 0.6) is 0 Å². The van der Waals surface area contributed by atoms with Crippen molar-refractivity contribution in [2.24, 2.45) is 0 Å². The van der Waals surface area contributed by atoms with Crippen LogP contribution in [-0.4, -0.2) is 33.8 Å². The number of aliphatic hydroxyl groups is 2. The van der Waals surface area contributed by atoms with Crippen molar-refractivity contribution in [3.8, 4) is 0 Å². The van der Waals surface area contributed by atoms with Gasteiger partial charge >= 0.3 is 6.18 Å². The number of alkyl halides is 3. The lowest BCUT2D eigenvalue weighted by Gasteiger charge is -2.20. The summed E-state index contributed by atoms with van der Waals surface area (Å²) in [7, 11) is 0. The molecule has 0 aromatic carbocycles. The summed E-state index contributed by atoms with van der Waals surface area (Å²) < 4.78 is 38.2. The van der Waals surface area contributed by atoms with E-state index in [1.54, 1.807) is 0 Å². The molecule has 1 aromatic heterocycles. The maximum atomic E-state index is 12.7. The molecule has 1 amide bonds. The Bertz CT molecular complexity index is 466. The minimum absolute atomic E-state index is 0.0434. The molecule has 0 aliphatic carbocycles. The summed E-state index contributed by atoms with van der Waals surface area (Å²) in [6.07, 6.45) is -6.88. The van der Waals surface area contributed by atoms with Gasteiger partial charge in [0.2, 0.25) is 5.91 Å². The van der Waals surface area contributed by atoms with E-state index < -0.39 is 29.6 Å². The fraction of sp³-hybridized carbons (Fsp3) is 0.500. The molecule has 0 aliphatic heterocycles. The average molecular weight is 292 g/mol. The fourth-order valence-electron chi connectivity index (χ4n) is 1.63. The van der Waals surface area contributed by atoms with Crippen molar-refractivity contribution >= 4 is 5.91 Å². The van der Waals surface area contributed by atoms with Crippen LogP contribution in [0.4, 0.5) is 13.2 Å². The van der Waals surface area contributed by atoms with Gasteiger partial charge in [0.15, 0.2) is 0 Å². The summed E-state index contributed by atoms with van der Waals surface area (Å²) in [5.41, 5.74) is -1.72. The van der Waals surface area contributed by atoms with Crippen LogP contribution in [-0.2, 0) is 11.0 Å². The quantitative estimate of drug-likeness (QED) is 0.757. The molecular formula is C12H15F3N2O3. The number of nitrogens with zero attached hydrogens (tertiary/aromatic N) is 1. The van der Waals surface area contributed by atoms with Crippen LogP contribution in [0, 0.1) is 0 Å². The number of hydrogen-bond donors (Lipinski definition) is 3. The zero-order chi connectivity index (χ0) is 15.3. The van der Waals surface area contributed by atoms with E-state index in [0.717, 1.165) is 18.3 Å². The molecule has 2 atom stereocenters. The smallest absolute Gasteiger partial charge is 0.390 e. The van der Waals surface area contributed by atoms with Crippen LogP contribution in [0.3, 0.4) is 0 Å². The number of carbonyl (C=O) groups is 1. The van der Waals surface area contributed by atoms with Gasteiger partial charge < -0.3 is 15.5 Å². The Labute approximate surface area is 113 Å². The molecule has 0 radical (unpaired) electrons. The molecule has 112 valence electrons. The topological polar surface area (TPSA) is 82.5 Å². The third kappa shape index (κ3) is 4.46. The summed E-state index contributed by atoms with van der Waals surface area (Å²) in [4.78, 5) is 14.1. The van der Waals surface area contributed by atoms with Crippen LogP contribution in [0.25, 0.3) is 0 Å². The van der Waals surface area contributed by atoms with Gasteiger partial charge in [-0.25, -0.2) is 0 Å². The Morgan fingerprint density at radius 1 is 1.45 bits per heavy atom. The number of rotatable bonds is 5. The molecule has 2 unspecified atom stereocenters. The lowest BCUT2D eigenvalue weighted by molar-refractivity contribution is -0.140. The average Bonchev–Trinajstić information content (AvgIpc) is 2.36. The first-order valence-corrected chi connectivity index (χ1v) is 5.86. The van der Waals surface area contributed by atoms with Crippen LogP contribution in [0.15, 0.2) is 18.3 Å². The number of carbonyl (C=O) groups excluding carboxylic acids is 1. The van der Waals surface area contributed by atoms with Gasteiger partial charge in [-0.05, 0) is 18.6 Å². The molecule has 0 fully saturated rings. The molecule has 0 spiro atoms. The largest absolute Gasteiger partial charge is 0.418 e. The van der Waals surface area contributed by atoms with E-state index in [1.807, 2.05) is 0 Å². The van der Waals surface area contributed by atoms with Crippen molar-refractivity contribution in [2.75, 3.05) is 6.54 Å². The molecule has 1 rings (SSSR count). The zero-order valence-electron chi connectivity index (χ0n) is 10.7. The Kier molecular flexibility index (Phi) is 5.46. The van der Waals surface area contributed by atoms with E-state index in [-0.39, 0.29) is 18.9 Å². The first-order chi connectivity index (χ1) is 9.23. The molecule has 5 nitrogen and oxygen atoms in total. The predicted octanol–water partition coefficient (Wildman–Crippen LogP) is 1.02. The fourth-order valence-corrected chi connectivity index (χ4v) is 1.63. The minimum Gasteiger partial charge on any atom is -0.390 e. The van der Waals surface area contributed by atoms with Crippen molar-refractivity contribution < 1.29 is 28.2 Å². The second-order valence-electron chi connectivity index (χ2n) is 4.22. The monoisotopic (exact) mass is 292 g/mol. The van der Waals surface area contributed by atoms with Crippen molar-refractivity contribution in [3.63, 3.8) is 0 Å². The SMILES string of the molecule is CC(=O)NCCC(O)C(O)c1ncccc1C(F)(F)F. The molecule has 0 saturated carbocycles. The first-order valence-electron chi connectivity index (χ1n) is 5.86. The summed E-state index contributed by atoms with van der Waals surface area (Å²) in [5, 5.41) is 21.8. The van der Waals surface area contributed by atoms with Crippen molar-refractivity contribution in [1.29, 1.82) is 0 Å².